The van der Waals surface area contributed by atoms with Crippen molar-refractivity contribution in [3.8, 4) is 10.6 Å². The Bertz CT molecular complexity index is 996. The first kappa shape index (κ1) is 19.5. The summed E-state index contributed by atoms with van der Waals surface area (Å²) < 4.78 is 0. The van der Waals surface area contributed by atoms with Crippen molar-refractivity contribution >= 4 is 28.9 Å². The molecule has 0 aliphatic carbocycles. The molecule has 0 saturated carbocycles. The maximum absolute atomic E-state index is 11.3. The van der Waals surface area contributed by atoms with Crippen molar-refractivity contribution in [2.24, 2.45) is 5.73 Å². The summed E-state index contributed by atoms with van der Waals surface area (Å²) in [4.78, 5) is 26.5. The van der Waals surface area contributed by atoms with Gasteiger partial charge in [0.2, 0.25) is 5.95 Å². The number of nitrogens with two attached hydrogens (primary N) is 1. The van der Waals surface area contributed by atoms with E-state index in [0.717, 1.165) is 49.0 Å². The number of rotatable bonds is 6. The quantitative estimate of drug-likeness (QED) is 0.652. The van der Waals surface area contributed by atoms with Gasteiger partial charge >= 0.3 is 0 Å². The number of hydrogen-bond donors (Lipinski definition) is 2. The van der Waals surface area contributed by atoms with Gasteiger partial charge in [0.15, 0.2) is 0 Å². The molecule has 150 valence electrons. The Kier molecular flexibility index (Phi) is 5.84. The smallest absolute Gasteiger partial charge is 0.258 e. The molecule has 7 nitrogen and oxygen atoms in total. The van der Waals surface area contributed by atoms with E-state index in [0.29, 0.717) is 10.8 Å². The number of primary amides is 1. The molecule has 1 aliphatic rings. The van der Waals surface area contributed by atoms with E-state index in [2.05, 4.69) is 50.3 Å². The van der Waals surface area contributed by atoms with Crippen molar-refractivity contribution in [1.29, 1.82) is 0 Å². The van der Waals surface area contributed by atoms with Crippen LogP contribution in [0.2, 0.25) is 0 Å². The molecule has 8 heteroatoms. The number of amides is 1. The SMILES string of the molecule is CN1CCN(Cc2cccc(Nc3nccc(-c4ccc(C(N)=O)s4)n3)c2)CC1. The second-order valence-corrected chi connectivity index (χ2v) is 8.28. The second-order valence-electron chi connectivity index (χ2n) is 7.20. The van der Waals surface area contributed by atoms with Crippen LogP contribution >= 0.6 is 11.3 Å². The number of hydrogen-bond acceptors (Lipinski definition) is 7. The molecule has 1 fully saturated rings. The van der Waals surface area contributed by atoms with Crippen LogP contribution in [0, 0.1) is 0 Å². The third-order valence-electron chi connectivity index (χ3n) is 4.94. The fourth-order valence-electron chi connectivity index (χ4n) is 3.30. The summed E-state index contributed by atoms with van der Waals surface area (Å²) in [7, 11) is 2.17. The lowest BCUT2D eigenvalue weighted by atomic mass is 10.1. The van der Waals surface area contributed by atoms with Gasteiger partial charge in [-0.25, -0.2) is 9.97 Å². The Morgan fingerprint density at radius 3 is 2.76 bits per heavy atom. The van der Waals surface area contributed by atoms with E-state index in [4.69, 9.17) is 5.73 Å². The molecule has 0 spiro atoms. The summed E-state index contributed by atoms with van der Waals surface area (Å²) >= 11 is 1.33. The number of carbonyl (C=O) groups is 1. The molecule has 0 atom stereocenters. The van der Waals surface area contributed by atoms with Gasteiger partial charge in [0, 0.05) is 44.6 Å². The van der Waals surface area contributed by atoms with E-state index < -0.39 is 5.91 Å². The lowest BCUT2D eigenvalue weighted by molar-refractivity contribution is 0.100. The monoisotopic (exact) mass is 408 g/mol. The molecule has 1 saturated heterocycles. The number of benzene rings is 1. The topological polar surface area (TPSA) is 87.4 Å². The van der Waals surface area contributed by atoms with Crippen LogP contribution in [0.25, 0.3) is 10.6 Å². The minimum Gasteiger partial charge on any atom is -0.365 e. The zero-order chi connectivity index (χ0) is 20.2. The predicted molar refractivity (Wildman–Crippen MR) is 116 cm³/mol. The third-order valence-corrected chi connectivity index (χ3v) is 6.06. The van der Waals surface area contributed by atoms with E-state index in [1.807, 2.05) is 18.2 Å². The maximum Gasteiger partial charge on any atom is 0.258 e. The number of nitrogens with zero attached hydrogens (tertiary/aromatic N) is 4. The van der Waals surface area contributed by atoms with E-state index >= 15 is 0 Å². The summed E-state index contributed by atoms with van der Waals surface area (Å²) in [5.74, 6) is 0.0964. The van der Waals surface area contributed by atoms with Crippen LogP contribution in [0.4, 0.5) is 11.6 Å². The number of aromatic nitrogens is 2. The van der Waals surface area contributed by atoms with E-state index in [1.165, 1.54) is 16.9 Å². The van der Waals surface area contributed by atoms with Gasteiger partial charge in [-0.1, -0.05) is 12.1 Å². The van der Waals surface area contributed by atoms with Gasteiger partial charge in [0.05, 0.1) is 15.4 Å². The zero-order valence-electron chi connectivity index (χ0n) is 16.3. The Hall–Kier alpha value is -2.81. The van der Waals surface area contributed by atoms with Crippen LogP contribution in [0.5, 0.6) is 0 Å². The Labute approximate surface area is 174 Å². The van der Waals surface area contributed by atoms with Crippen LogP contribution < -0.4 is 11.1 Å². The predicted octanol–water partition coefficient (Wildman–Crippen LogP) is 2.80. The fourth-order valence-corrected chi connectivity index (χ4v) is 4.13. The van der Waals surface area contributed by atoms with Crippen molar-refractivity contribution in [3.05, 3.63) is 59.1 Å². The Morgan fingerprint density at radius 2 is 2.00 bits per heavy atom. The normalized spacial score (nSPS) is 15.3. The standard InChI is InChI=1S/C21H24N6OS/c1-26-9-11-27(12-10-26)14-15-3-2-4-16(13-15)24-21-23-8-7-17(25-21)18-5-6-19(29-18)20(22)28/h2-8,13H,9-12,14H2,1H3,(H2,22,28)(H,23,24,25). The van der Waals surface area contributed by atoms with Crippen LogP contribution in [0.15, 0.2) is 48.7 Å². The molecule has 2 aromatic heterocycles. The first-order valence-corrected chi connectivity index (χ1v) is 10.4. The average Bonchev–Trinajstić information content (AvgIpc) is 3.21. The lowest BCUT2D eigenvalue weighted by Gasteiger charge is -2.32. The van der Waals surface area contributed by atoms with Crippen LogP contribution in [0.3, 0.4) is 0 Å². The Morgan fingerprint density at radius 1 is 1.17 bits per heavy atom. The lowest BCUT2D eigenvalue weighted by Crippen LogP contribution is -2.43. The van der Waals surface area contributed by atoms with Crippen molar-refractivity contribution in [3.63, 3.8) is 0 Å². The fraction of sp³-hybridized carbons (Fsp3) is 0.286. The number of nitrogens with one attached hydrogen (secondary N) is 1. The molecular weight excluding hydrogens is 384 g/mol. The van der Waals surface area contributed by atoms with Crippen molar-refractivity contribution < 1.29 is 4.79 Å². The minimum absolute atomic E-state index is 0.425. The van der Waals surface area contributed by atoms with Crippen molar-refractivity contribution in [1.82, 2.24) is 19.8 Å². The summed E-state index contributed by atoms with van der Waals surface area (Å²) in [6.07, 6.45) is 1.71. The molecule has 0 radical (unpaired) electrons. The molecular formula is C21H24N6OS. The van der Waals surface area contributed by atoms with E-state index in [1.54, 1.807) is 12.3 Å². The van der Waals surface area contributed by atoms with Gasteiger partial charge in [-0.15, -0.1) is 11.3 Å². The Balaban J connectivity index is 1.46. The zero-order valence-corrected chi connectivity index (χ0v) is 17.2. The van der Waals surface area contributed by atoms with Gasteiger partial charge in [0.25, 0.3) is 5.91 Å². The van der Waals surface area contributed by atoms with Crippen LogP contribution in [0.1, 0.15) is 15.2 Å². The highest BCUT2D eigenvalue weighted by atomic mass is 32.1. The largest absolute Gasteiger partial charge is 0.365 e. The van der Waals surface area contributed by atoms with Gasteiger partial charge in [-0.05, 0) is 42.9 Å². The maximum atomic E-state index is 11.3. The first-order valence-electron chi connectivity index (χ1n) is 9.57. The molecule has 3 heterocycles. The van der Waals surface area contributed by atoms with Crippen molar-refractivity contribution in [2.75, 3.05) is 38.5 Å². The van der Waals surface area contributed by atoms with E-state index in [-0.39, 0.29) is 0 Å². The molecule has 4 rings (SSSR count). The minimum atomic E-state index is -0.425. The van der Waals surface area contributed by atoms with Crippen LogP contribution in [-0.4, -0.2) is 58.9 Å². The summed E-state index contributed by atoms with van der Waals surface area (Å²) in [6.45, 7) is 5.34. The van der Waals surface area contributed by atoms with Gasteiger partial charge < -0.3 is 16.0 Å². The second kappa shape index (κ2) is 8.69. The molecule has 1 amide bonds. The van der Waals surface area contributed by atoms with E-state index in [9.17, 15) is 4.79 Å². The number of anilines is 2. The van der Waals surface area contributed by atoms with Gasteiger partial charge in [-0.3, -0.25) is 9.69 Å². The highest BCUT2D eigenvalue weighted by molar-refractivity contribution is 7.17. The first-order chi connectivity index (χ1) is 14.1. The molecule has 1 aliphatic heterocycles. The molecule has 3 N–H and O–H groups in total. The molecule has 3 aromatic rings. The number of piperazine rings is 1. The molecule has 0 bridgehead atoms. The number of likely N-dealkylation sites (N-methyl/N-ethyl adjacent to an activating group) is 1. The average molecular weight is 409 g/mol. The summed E-state index contributed by atoms with van der Waals surface area (Å²) in [5.41, 5.74) is 8.32. The highest BCUT2D eigenvalue weighted by Crippen LogP contribution is 2.27. The van der Waals surface area contributed by atoms with Gasteiger partial charge in [-0.2, -0.15) is 0 Å². The number of thiophene rings is 1. The van der Waals surface area contributed by atoms with Gasteiger partial charge in [0.1, 0.15) is 0 Å². The summed E-state index contributed by atoms with van der Waals surface area (Å²) in [6, 6.07) is 13.8. The summed E-state index contributed by atoms with van der Waals surface area (Å²) in [5, 5.41) is 3.29. The number of carbonyl (C=O) groups excluding carboxylic acids is 1. The third kappa shape index (κ3) is 4.97. The molecule has 1 aromatic carbocycles. The molecule has 29 heavy (non-hydrogen) atoms. The highest BCUT2D eigenvalue weighted by Gasteiger charge is 2.14. The molecule has 0 unspecified atom stereocenters. The van der Waals surface area contributed by atoms with Crippen LogP contribution in [-0.2, 0) is 6.54 Å². The van der Waals surface area contributed by atoms with Crippen molar-refractivity contribution in [2.45, 2.75) is 6.54 Å².